The van der Waals surface area contributed by atoms with Crippen LogP contribution < -0.4 is 5.32 Å². The van der Waals surface area contributed by atoms with Gasteiger partial charge < -0.3 is 0 Å². The number of nitrogens with one attached hydrogen (secondary N) is 1. The van der Waals surface area contributed by atoms with Crippen molar-refractivity contribution < 1.29 is 0 Å². The van der Waals surface area contributed by atoms with Crippen molar-refractivity contribution in [1.82, 2.24) is 15.3 Å². The van der Waals surface area contributed by atoms with Gasteiger partial charge in [-0.1, -0.05) is 5.92 Å². The molecule has 0 saturated heterocycles. The predicted octanol–water partition coefficient (Wildman–Crippen LogP) is 1.38. The number of terminal acetylenes is 1. The normalized spacial score (nSPS) is 12.1. The molecule has 74 valence electrons. The van der Waals surface area contributed by atoms with Crippen LogP contribution >= 0.6 is 0 Å². The maximum Gasteiger partial charge on any atom is 0.125 e. The van der Waals surface area contributed by atoms with Crippen molar-refractivity contribution >= 4 is 0 Å². The van der Waals surface area contributed by atoms with E-state index < -0.39 is 0 Å². The monoisotopic (exact) mass is 189 g/mol. The third-order valence-corrected chi connectivity index (χ3v) is 2.11. The fourth-order valence-corrected chi connectivity index (χ4v) is 1.34. The molecule has 0 aliphatic rings. The summed E-state index contributed by atoms with van der Waals surface area (Å²) in [5.41, 5.74) is 2.11. The minimum absolute atomic E-state index is 0.201. The largest absolute Gasteiger partial charge is 0.299 e. The zero-order valence-corrected chi connectivity index (χ0v) is 8.83. The number of nitrogens with zero attached hydrogens (tertiary/aromatic N) is 2. The molecule has 3 heteroatoms. The third kappa shape index (κ3) is 2.54. The van der Waals surface area contributed by atoms with Crippen molar-refractivity contribution in [2.75, 3.05) is 6.54 Å². The summed E-state index contributed by atoms with van der Waals surface area (Å²) >= 11 is 0. The van der Waals surface area contributed by atoms with Crippen molar-refractivity contribution in [2.24, 2.45) is 0 Å². The first kappa shape index (κ1) is 10.7. The summed E-state index contributed by atoms with van der Waals surface area (Å²) in [5, 5.41) is 3.19. The Hall–Kier alpha value is -1.40. The van der Waals surface area contributed by atoms with E-state index >= 15 is 0 Å². The molecule has 0 fully saturated rings. The van der Waals surface area contributed by atoms with E-state index in [9.17, 15) is 0 Å². The van der Waals surface area contributed by atoms with E-state index in [2.05, 4.69) is 28.1 Å². The van der Waals surface area contributed by atoms with Gasteiger partial charge in [-0.15, -0.1) is 6.42 Å². The summed E-state index contributed by atoms with van der Waals surface area (Å²) in [6, 6.07) is 0.201. The molecular formula is C11H15N3. The molecule has 3 nitrogen and oxygen atoms in total. The molecule has 0 spiro atoms. The molecular weight excluding hydrogens is 174 g/mol. The van der Waals surface area contributed by atoms with E-state index in [-0.39, 0.29) is 6.04 Å². The van der Waals surface area contributed by atoms with Crippen LogP contribution in [0.5, 0.6) is 0 Å². The minimum Gasteiger partial charge on any atom is -0.299 e. The van der Waals surface area contributed by atoms with Crippen molar-refractivity contribution in [3.05, 3.63) is 23.3 Å². The molecule has 1 N–H and O–H groups in total. The van der Waals surface area contributed by atoms with Gasteiger partial charge in [-0.25, -0.2) is 9.97 Å². The Labute approximate surface area is 85.0 Å². The predicted molar refractivity (Wildman–Crippen MR) is 56.8 cm³/mol. The standard InChI is InChI=1S/C11H15N3/c1-5-6-12-8(2)11-7-13-10(4)14-9(11)3/h1,7-8,12H,6H2,2-4H3. The van der Waals surface area contributed by atoms with Gasteiger partial charge in [0.25, 0.3) is 0 Å². The molecule has 14 heavy (non-hydrogen) atoms. The molecule has 0 amide bonds. The van der Waals surface area contributed by atoms with Crippen molar-refractivity contribution in [3.63, 3.8) is 0 Å². The van der Waals surface area contributed by atoms with Crippen molar-refractivity contribution in [3.8, 4) is 12.3 Å². The average molecular weight is 189 g/mol. The highest BCUT2D eigenvalue weighted by Gasteiger charge is 2.08. The third-order valence-electron chi connectivity index (χ3n) is 2.11. The van der Waals surface area contributed by atoms with Crippen LogP contribution in [0.2, 0.25) is 0 Å². The Bertz CT molecular complexity index is 352. The van der Waals surface area contributed by atoms with Gasteiger partial charge in [0.1, 0.15) is 5.82 Å². The fraction of sp³-hybridized carbons (Fsp3) is 0.455. The van der Waals surface area contributed by atoms with E-state index in [0.29, 0.717) is 6.54 Å². The highest BCUT2D eigenvalue weighted by molar-refractivity contribution is 5.19. The molecule has 1 aromatic heterocycles. The molecule has 0 radical (unpaired) electrons. The van der Waals surface area contributed by atoms with Crippen LogP contribution in [0, 0.1) is 26.2 Å². The summed E-state index contributed by atoms with van der Waals surface area (Å²) in [6.45, 7) is 6.49. The Morgan fingerprint density at radius 1 is 1.57 bits per heavy atom. The van der Waals surface area contributed by atoms with Gasteiger partial charge >= 0.3 is 0 Å². The van der Waals surface area contributed by atoms with E-state index in [1.807, 2.05) is 20.0 Å². The smallest absolute Gasteiger partial charge is 0.125 e. The number of hydrogen-bond acceptors (Lipinski definition) is 3. The van der Waals surface area contributed by atoms with Gasteiger partial charge in [0, 0.05) is 23.5 Å². The Balaban J connectivity index is 2.80. The summed E-state index contributed by atoms with van der Waals surface area (Å²) in [7, 11) is 0. The van der Waals surface area contributed by atoms with E-state index in [0.717, 1.165) is 17.1 Å². The van der Waals surface area contributed by atoms with Crippen LogP contribution in [0.3, 0.4) is 0 Å². The Morgan fingerprint density at radius 2 is 2.29 bits per heavy atom. The first-order valence-corrected chi connectivity index (χ1v) is 4.62. The maximum atomic E-state index is 5.17. The van der Waals surface area contributed by atoms with Gasteiger partial charge in [0.2, 0.25) is 0 Å². The molecule has 1 heterocycles. The summed E-state index contributed by atoms with van der Waals surface area (Å²) in [6.07, 6.45) is 7.03. The zero-order chi connectivity index (χ0) is 10.6. The van der Waals surface area contributed by atoms with Gasteiger partial charge in [-0.3, -0.25) is 5.32 Å². The lowest BCUT2D eigenvalue weighted by atomic mass is 10.1. The van der Waals surface area contributed by atoms with Crippen LogP contribution in [0.1, 0.15) is 30.0 Å². The molecule has 0 bridgehead atoms. The molecule has 0 aliphatic heterocycles. The first-order valence-electron chi connectivity index (χ1n) is 4.62. The second kappa shape index (κ2) is 4.73. The fourth-order valence-electron chi connectivity index (χ4n) is 1.34. The first-order chi connectivity index (χ1) is 6.65. The Morgan fingerprint density at radius 3 is 2.86 bits per heavy atom. The Kier molecular flexibility index (Phi) is 3.61. The number of aryl methyl sites for hydroxylation is 2. The summed E-state index contributed by atoms with van der Waals surface area (Å²) in [4.78, 5) is 8.47. The van der Waals surface area contributed by atoms with E-state index in [4.69, 9.17) is 6.42 Å². The number of aromatic nitrogens is 2. The van der Waals surface area contributed by atoms with Gasteiger partial charge in [0.05, 0.1) is 6.54 Å². The molecule has 0 aromatic carbocycles. The van der Waals surface area contributed by atoms with Crippen LogP contribution in [0.25, 0.3) is 0 Å². The highest BCUT2D eigenvalue weighted by atomic mass is 14.9. The molecule has 0 aliphatic carbocycles. The molecule has 1 aromatic rings. The molecule has 1 unspecified atom stereocenters. The van der Waals surface area contributed by atoms with Crippen LogP contribution in [-0.2, 0) is 0 Å². The maximum absolute atomic E-state index is 5.17. The lowest BCUT2D eigenvalue weighted by Gasteiger charge is -2.13. The summed E-state index contributed by atoms with van der Waals surface area (Å²) < 4.78 is 0. The van der Waals surface area contributed by atoms with Crippen LogP contribution in [-0.4, -0.2) is 16.5 Å². The van der Waals surface area contributed by atoms with Crippen LogP contribution in [0.15, 0.2) is 6.20 Å². The van der Waals surface area contributed by atoms with E-state index in [1.54, 1.807) is 0 Å². The lowest BCUT2D eigenvalue weighted by Crippen LogP contribution is -2.20. The molecule has 1 atom stereocenters. The number of hydrogen-bond donors (Lipinski definition) is 1. The zero-order valence-electron chi connectivity index (χ0n) is 8.83. The minimum atomic E-state index is 0.201. The van der Waals surface area contributed by atoms with Crippen LogP contribution in [0.4, 0.5) is 0 Å². The van der Waals surface area contributed by atoms with Gasteiger partial charge in [-0.2, -0.15) is 0 Å². The van der Waals surface area contributed by atoms with Crippen molar-refractivity contribution in [1.29, 1.82) is 0 Å². The molecule has 1 rings (SSSR count). The van der Waals surface area contributed by atoms with Gasteiger partial charge in [0.15, 0.2) is 0 Å². The average Bonchev–Trinajstić information content (AvgIpc) is 2.14. The molecule has 0 saturated carbocycles. The second-order valence-electron chi connectivity index (χ2n) is 3.26. The SMILES string of the molecule is C#CCNC(C)c1cnc(C)nc1C. The van der Waals surface area contributed by atoms with E-state index in [1.165, 1.54) is 0 Å². The summed E-state index contributed by atoms with van der Waals surface area (Å²) in [5.74, 6) is 3.35. The second-order valence-corrected chi connectivity index (χ2v) is 3.26. The highest BCUT2D eigenvalue weighted by Crippen LogP contribution is 2.13. The topological polar surface area (TPSA) is 37.8 Å². The number of rotatable bonds is 3. The quantitative estimate of drug-likeness (QED) is 0.730. The van der Waals surface area contributed by atoms with Crippen molar-refractivity contribution in [2.45, 2.75) is 26.8 Å². The lowest BCUT2D eigenvalue weighted by molar-refractivity contribution is 0.612. The van der Waals surface area contributed by atoms with Gasteiger partial charge in [-0.05, 0) is 20.8 Å².